The first-order valence-electron chi connectivity index (χ1n) is 7.09. The summed E-state index contributed by atoms with van der Waals surface area (Å²) in [6.45, 7) is 0.161. The van der Waals surface area contributed by atoms with Gasteiger partial charge in [0.15, 0.2) is 0 Å². The van der Waals surface area contributed by atoms with E-state index in [-0.39, 0.29) is 18.1 Å². The number of hydrogen-bond acceptors (Lipinski definition) is 5. The zero-order valence-electron chi connectivity index (χ0n) is 11.8. The van der Waals surface area contributed by atoms with Gasteiger partial charge in [0.2, 0.25) is 5.91 Å². The summed E-state index contributed by atoms with van der Waals surface area (Å²) in [4.78, 5) is 36.0. The zero-order valence-corrected chi connectivity index (χ0v) is 11.8. The second-order valence-corrected chi connectivity index (χ2v) is 5.94. The molecule has 4 unspecified atom stereocenters. The molecule has 1 aromatic rings. The number of aliphatic carboxylic acids is 1. The molecule has 8 nitrogen and oxygen atoms in total. The second-order valence-electron chi connectivity index (χ2n) is 5.94. The Kier molecular flexibility index (Phi) is 2.65. The summed E-state index contributed by atoms with van der Waals surface area (Å²) in [6, 6.07) is 5.73. The van der Waals surface area contributed by atoms with E-state index < -0.39 is 34.4 Å². The van der Waals surface area contributed by atoms with E-state index in [0.717, 1.165) is 0 Å². The lowest BCUT2D eigenvalue weighted by Crippen LogP contribution is -2.39. The van der Waals surface area contributed by atoms with Gasteiger partial charge in [-0.2, -0.15) is 0 Å². The van der Waals surface area contributed by atoms with Crippen molar-refractivity contribution in [1.82, 2.24) is 0 Å². The van der Waals surface area contributed by atoms with Crippen LogP contribution in [0.2, 0.25) is 0 Å². The number of benzene rings is 1. The number of amides is 1. The van der Waals surface area contributed by atoms with Gasteiger partial charge in [-0.3, -0.25) is 19.7 Å². The molecule has 3 aliphatic rings. The van der Waals surface area contributed by atoms with Crippen LogP contribution in [-0.2, 0) is 14.3 Å². The Hall–Kier alpha value is -2.74. The van der Waals surface area contributed by atoms with Crippen LogP contribution >= 0.6 is 0 Å². The lowest BCUT2D eigenvalue weighted by molar-refractivity contribution is -0.384. The van der Waals surface area contributed by atoms with Crippen molar-refractivity contribution in [2.24, 2.45) is 11.8 Å². The van der Waals surface area contributed by atoms with Crippen molar-refractivity contribution in [3.63, 3.8) is 0 Å². The van der Waals surface area contributed by atoms with Gasteiger partial charge in [0.05, 0.1) is 29.2 Å². The van der Waals surface area contributed by atoms with Crippen LogP contribution in [0.5, 0.6) is 0 Å². The fourth-order valence-corrected chi connectivity index (χ4v) is 3.77. The van der Waals surface area contributed by atoms with Crippen molar-refractivity contribution >= 4 is 23.3 Å². The van der Waals surface area contributed by atoms with E-state index in [1.54, 1.807) is 18.2 Å². The van der Waals surface area contributed by atoms with Crippen LogP contribution in [0.4, 0.5) is 11.4 Å². The third-order valence-electron chi connectivity index (χ3n) is 4.74. The number of hydrogen-bond donors (Lipinski definition) is 1. The molecule has 8 heteroatoms. The number of fused-ring (bicyclic) bond motifs is 1. The van der Waals surface area contributed by atoms with Gasteiger partial charge in [0, 0.05) is 12.1 Å². The minimum atomic E-state index is -1.07. The average Bonchev–Trinajstić information content (AvgIpc) is 3.15. The van der Waals surface area contributed by atoms with Gasteiger partial charge in [-0.25, -0.2) is 0 Å². The fourth-order valence-electron chi connectivity index (χ4n) is 3.77. The molecule has 1 spiro atoms. The summed E-state index contributed by atoms with van der Waals surface area (Å²) in [5, 5.41) is 20.3. The Morgan fingerprint density at radius 1 is 1.48 bits per heavy atom. The largest absolute Gasteiger partial charge is 0.481 e. The standard InChI is InChI=1S/C15H12N2O6/c18-13-12-11(14(19)20)10-4-5-15(12,23-10)7-16(13)8-2-1-3-9(6-8)17(21)22/h1-6,10-12H,7H2,(H,19,20). The number of non-ortho nitro benzene ring substituents is 1. The molecule has 1 N–H and O–H groups in total. The van der Waals surface area contributed by atoms with Crippen LogP contribution in [-0.4, -0.2) is 40.2 Å². The Morgan fingerprint density at radius 3 is 2.96 bits per heavy atom. The summed E-state index contributed by atoms with van der Waals surface area (Å²) in [7, 11) is 0. The highest BCUT2D eigenvalue weighted by atomic mass is 16.6. The molecule has 118 valence electrons. The minimum Gasteiger partial charge on any atom is -0.481 e. The molecule has 0 radical (unpaired) electrons. The third kappa shape index (κ3) is 1.75. The molecule has 1 aromatic carbocycles. The third-order valence-corrected chi connectivity index (χ3v) is 4.74. The monoisotopic (exact) mass is 316 g/mol. The van der Waals surface area contributed by atoms with Gasteiger partial charge in [-0.1, -0.05) is 18.2 Å². The summed E-state index contributed by atoms with van der Waals surface area (Å²) in [5.74, 6) is -3.16. The zero-order chi connectivity index (χ0) is 16.4. The maximum absolute atomic E-state index is 12.7. The van der Waals surface area contributed by atoms with Crippen LogP contribution < -0.4 is 4.90 Å². The number of ether oxygens (including phenoxy) is 1. The minimum absolute atomic E-state index is 0.125. The highest BCUT2D eigenvalue weighted by molar-refractivity contribution is 6.02. The molecule has 23 heavy (non-hydrogen) atoms. The van der Waals surface area contributed by atoms with E-state index in [1.165, 1.54) is 23.1 Å². The van der Waals surface area contributed by atoms with Crippen LogP contribution in [0, 0.1) is 22.0 Å². The fraction of sp³-hybridized carbons (Fsp3) is 0.333. The molecule has 2 bridgehead atoms. The molecule has 2 saturated heterocycles. The van der Waals surface area contributed by atoms with Crippen molar-refractivity contribution in [1.29, 1.82) is 0 Å². The maximum Gasteiger partial charge on any atom is 0.310 e. The highest BCUT2D eigenvalue weighted by Crippen LogP contribution is 2.52. The number of carboxylic acids is 1. The topological polar surface area (TPSA) is 110 Å². The first-order valence-corrected chi connectivity index (χ1v) is 7.09. The summed E-state index contributed by atoms with van der Waals surface area (Å²) >= 11 is 0. The highest BCUT2D eigenvalue weighted by Gasteiger charge is 2.67. The molecule has 0 aromatic heterocycles. The Morgan fingerprint density at radius 2 is 2.26 bits per heavy atom. The molecule has 3 aliphatic heterocycles. The van der Waals surface area contributed by atoms with Crippen molar-refractivity contribution in [2.45, 2.75) is 11.7 Å². The van der Waals surface area contributed by atoms with Crippen molar-refractivity contribution in [3.05, 3.63) is 46.5 Å². The molecular formula is C15H12N2O6. The lowest BCUT2D eigenvalue weighted by atomic mass is 9.77. The summed E-state index contributed by atoms with van der Waals surface area (Å²) < 4.78 is 5.77. The molecule has 1 amide bonds. The number of nitrogens with zero attached hydrogens (tertiary/aromatic N) is 2. The van der Waals surface area contributed by atoms with Gasteiger partial charge in [0.25, 0.3) is 5.69 Å². The normalized spacial score (nSPS) is 34.0. The SMILES string of the molecule is O=C(O)C1C2C=CC3(CN(c4cccc([N+](=O)[O-])c4)C(=O)C13)O2. The number of nitro groups is 1. The van der Waals surface area contributed by atoms with Crippen LogP contribution in [0.3, 0.4) is 0 Å². The van der Waals surface area contributed by atoms with Crippen LogP contribution in [0.15, 0.2) is 36.4 Å². The molecule has 0 aliphatic carbocycles. The number of anilines is 1. The molecule has 0 saturated carbocycles. The van der Waals surface area contributed by atoms with E-state index >= 15 is 0 Å². The van der Waals surface area contributed by atoms with Gasteiger partial charge < -0.3 is 14.7 Å². The van der Waals surface area contributed by atoms with Crippen molar-refractivity contribution in [3.8, 4) is 0 Å². The molecule has 2 fully saturated rings. The smallest absolute Gasteiger partial charge is 0.310 e. The first-order chi connectivity index (χ1) is 10.9. The molecule has 4 atom stereocenters. The Balaban J connectivity index is 1.73. The average molecular weight is 316 g/mol. The number of carboxylic acid groups (broad SMARTS) is 1. The number of carbonyl (C=O) groups excluding carboxylic acids is 1. The van der Waals surface area contributed by atoms with E-state index in [1.807, 2.05) is 0 Å². The number of carbonyl (C=O) groups is 2. The molecule has 3 heterocycles. The maximum atomic E-state index is 12.7. The van der Waals surface area contributed by atoms with Crippen molar-refractivity contribution < 1.29 is 24.4 Å². The van der Waals surface area contributed by atoms with E-state index in [4.69, 9.17) is 4.74 Å². The van der Waals surface area contributed by atoms with Gasteiger partial charge in [-0.05, 0) is 6.07 Å². The molecule has 4 rings (SSSR count). The summed E-state index contributed by atoms with van der Waals surface area (Å²) in [6.07, 6.45) is 2.84. The number of rotatable bonds is 3. The first kappa shape index (κ1) is 13.9. The van der Waals surface area contributed by atoms with Crippen molar-refractivity contribution in [2.75, 3.05) is 11.4 Å². The van der Waals surface area contributed by atoms with Gasteiger partial charge in [0.1, 0.15) is 11.5 Å². The van der Waals surface area contributed by atoms with Crippen LogP contribution in [0.25, 0.3) is 0 Å². The number of nitro benzene ring substituents is 1. The Labute approximate surface area is 130 Å². The predicted octanol–water partition coefficient (Wildman–Crippen LogP) is 0.966. The van der Waals surface area contributed by atoms with Crippen LogP contribution in [0.1, 0.15) is 0 Å². The summed E-state index contributed by atoms with van der Waals surface area (Å²) in [5.41, 5.74) is -0.701. The quantitative estimate of drug-likeness (QED) is 0.505. The second kappa shape index (κ2) is 4.39. The van der Waals surface area contributed by atoms with E-state index in [0.29, 0.717) is 5.69 Å². The van der Waals surface area contributed by atoms with Gasteiger partial charge in [-0.15, -0.1) is 0 Å². The Bertz CT molecular complexity index is 775. The molecular weight excluding hydrogens is 304 g/mol. The lowest BCUT2D eigenvalue weighted by Gasteiger charge is -2.21. The predicted molar refractivity (Wildman–Crippen MR) is 76.8 cm³/mol. The van der Waals surface area contributed by atoms with E-state index in [2.05, 4.69) is 0 Å². The van der Waals surface area contributed by atoms with E-state index in [9.17, 15) is 24.8 Å². The van der Waals surface area contributed by atoms with Gasteiger partial charge >= 0.3 is 5.97 Å².